The van der Waals surface area contributed by atoms with Gasteiger partial charge in [0.2, 0.25) is 0 Å². The van der Waals surface area contributed by atoms with Crippen molar-refractivity contribution in [1.82, 2.24) is 4.98 Å². The Morgan fingerprint density at radius 1 is 1.06 bits per heavy atom. The Balaban J connectivity index is 2.22. The largest absolute Gasteiger partial charge is 0.322 e. The maximum Gasteiger partial charge on any atom is 0.256 e. The van der Waals surface area contributed by atoms with Crippen LogP contribution in [0.15, 0.2) is 36.7 Å². The van der Waals surface area contributed by atoms with Crippen molar-refractivity contribution in [2.24, 2.45) is 0 Å². The Morgan fingerprint density at radius 2 is 1.83 bits per heavy atom. The van der Waals surface area contributed by atoms with Gasteiger partial charge in [-0.05, 0) is 55.7 Å². The van der Waals surface area contributed by atoms with Gasteiger partial charge in [0.15, 0.2) is 0 Å². The van der Waals surface area contributed by atoms with Crippen LogP contribution in [-0.2, 0) is 0 Å². The van der Waals surface area contributed by atoms with Crippen molar-refractivity contribution in [2.45, 2.75) is 20.8 Å². The number of pyridine rings is 1. The number of nitrogens with one attached hydrogen (secondary N) is 1. The second-order valence-electron chi connectivity index (χ2n) is 4.44. The highest BCUT2D eigenvalue weighted by atomic mass is 16.1. The van der Waals surface area contributed by atoms with Gasteiger partial charge in [0.25, 0.3) is 5.91 Å². The molecule has 1 N–H and O–H groups in total. The SMILES string of the molecule is Cc1ccc(NC(=O)c2ccncc2C)cc1C. The van der Waals surface area contributed by atoms with E-state index in [1.54, 1.807) is 18.5 Å². The molecule has 3 nitrogen and oxygen atoms in total. The topological polar surface area (TPSA) is 42.0 Å². The zero-order valence-electron chi connectivity index (χ0n) is 10.8. The first-order valence-electron chi connectivity index (χ1n) is 5.87. The van der Waals surface area contributed by atoms with Crippen molar-refractivity contribution >= 4 is 11.6 Å². The van der Waals surface area contributed by atoms with Crippen LogP contribution in [0.1, 0.15) is 27.0 Å². The molecule has 0 bridgehead atoms. The lowest BCUT2D eigenvalue weighted by atomic mass is 10.1. The summed E-state index contributed by atoms with van der Waals surface area (Å²) in [6.45, 7) is 5.96. The van der Waals surface area contributed by atoms with Gasteiger partial charge in [-0.25, -0.2) is 0 Å². The van der Waals surface area contributed by atoms with E-state index in [2.05, 4.69) is 10.3 Å². The Kier molecular flexibility index (Phi) is 3.42. The highest BCUT2D eigenvalue weighted by Crippen LogP contribution is 2.16. The van der Waals surface area contributed by atoms with E-state index in [0.29, 0.717) is 5.56 Å². The minimum atomic E-state index is -0.0989. The van der Waals surface area contributed by atoms with Gasteiger partial charge in [-0.2, -0.15) is 0 Å². The fourth-order valence-electron chi connectivity index (χ4n) is 1.75. The highest BCUT2D eigenvalue weighted by Gasteiger charge is 2.09. The van der Waals surface area contributed by atoms with E-state index < -0.39 is 0 Å². The number of carbonyl (C=O) groups excluding carboxylic acids is 1. The van der Waals surface area contributed by atoms with Gasteiger partial charge in [0.1, 0.15) is 0 Å². The molecule has 0 radical (unpaired) electrons. The second-order valence-corrected chi connectivity index (χ2v) is 4.44. The summed E-state index contributed by atoms with van der Waals surface area (Å²) >= 11 is 0. The van der Waals surface area contributed by atoms with Gasteiger partial charge in [0.05, 0.1) is 0 Å². The smallest absolute Gasteiger partial charge is 0.256 e. The van der Waals surface area contributed by atoms with Crippen LogP contribution in [0.5, 0.6) is 0 Å². The van der Waals surface area contributed by atoms with Crippen molar-refractivity contribution in [2.75, 3.05) is 5.32 Å². The third-order valence-corrected chi connectivity index (χ3v) is 3.03. The number of benzene rings is 1. The Hall–Kier alpha value is -2.16. The van der Waals surface area contributed by atoms with Crippen molar-refractivity contribution in [3.8, 4) is 0 Å². The lowest BCUT2D eigenvalue weighted by molar-refractivity contribution is 0.102. The van der Waals surface area contributed by atoms with E-state index in [9.17, 15) is 4.79 Å². The molecule has 0 aliphatic heterocycles. The lowest BCUT2D eigenvalue weighted by Crippen LogP contribution is -2.13. The first-order chi connectivity index (χ1) is 8.58. The van der Waals surface area contributed by atoms with Gasteiger partial charge in [-0.15, -0.1) is 0 Å². The van der Waals surface area contributed by atoms with E-state index in [1.807, 2.05) is 39.0 Å². The maximum atomic E-state index is 12.1. The number of aromatic nitrogens is 1. The van der Waals surface area contributed by atoms with E-state index in [4.69, 9.17) is 0 Å². The molecule has 0 aliphatic rings. The monoisotopic (exact) mass is 240 g/mol. The number of aryl methyl sites for hydroxylation is 3. The zero-order valence-corrected chi connectivity index (χ0v) is 10.8. The third kappa shape index (κ3) is 2.56. The van der Waals surface area contributed by atoms with Crippen LogP contribution in [-0.4, -0.2) is 10.9 Å². The molecule has 1 amide bonds. The first kappa shape index (κ1) is 12.3. The van der Waals surface area contributed by atoms with Crippen LogP contribution >= 0.6 is 0 Å². The molecule has 92 valence electrons. The number of hydrogen-bond donors (Lipinski definition) is 1. The molecule has 1 heterocycles. The summed E-state index contributed by atoms with van der Waals surface area (Å²) in [4.78, 5) is 16.1. The number of hydrogen-bond acceptors (Lipinski definition) is 2. The third-order valence-electron chi connectivity index (χ3n) is 3.03. The second kappa shape index (κ2) is 5.00. The molecule has 2 rings (SSSR count). The molecule has 0 atom stereocenters. The molecule has 0 saturated heterocycles. The van der Waals surface area contributed by atoms with E-state index >= 15 is 0 Å². The van der Waals surface area contributed by atoms with E-state index in [1.165, 1.54) is 11.1 Å². The Labute approximate surface area is 107 Å². The van der Waals surface area contributed by atoms with Crippen LogP contribution in [0, 0.1) is 20.8 Å². The summed E-state index contributed by atoms with van der Waals surface area (Å²) in [5, 5.41) is 2.90. The molecular formula is C15H16N2O. The predicted molar refractivity (Wildman–Crippen MR) is 72.8 cm³/mol. The molecule has 0 spiro atoms. The lowest BCUT2D eigenvalue weighted by Gasteiger charge is -2.09. The zero-order chi connectivity index (χ0) is 13.1. The van der Waals surface area contributed by atoms with Crippen molar-refractivity contribution in [3.63, 3.8) is 0 Å². The molecule has 0 unspecified atom stereocenters. The van der Waals surface area contributed by atoms with Crippen LogP contribution in [0.3, 0.4) is 0 Å². The molecule has 0 fully saturated rings. The summed E-state index contributed by atoms with van der Waals surface area (Å²) in [6, 6.07) is 7.62. The summed E-state index contributed by atoms with van der Waals surface area (Å²) in [6.07, 6.45) is 3.32. The highest BCUT2D eigenvalue weighted by molar-refractivity contribution is 6.05. The fraction of sp³-hybridized carbons (Fsp3) is 0.200. The van der Waals surface area contributed by atoms with Crippen LogP contribution in [0.4, 0.5) is 5.69 Å². The van der Waals surface area contributed by atoms with Crippen LogP contribution in [0.25, 0.3) is 0 Å². The normalized spacial score (nSPS) is 10.2. The van der Waals surface area contributed by atoms with Crippen molar-refractivity contribution in [3.05, 3.63) is 58.9 Å². The molecule has 3 heteroatoms. The van der Waals surface area contributed by atoms with Gasteiger partial charge in [-0.1, -0.05) is 6.07 Å². The van der Waals surface area contributed by atoms with Gasteiger partial charge >= 0.3 is 0 Å². The standard InChI is InChI=1S/C15H16N2O/c1-10-4-5-13(8-11(10)2)17-15(18)14-6-7-16-9-12(14)3/h4-9H,1-3H3,(H,17,18). The van der Waals surface area contributed by atoms with Crippen LogP contribution < -0.4 is 5.32 Å². The van der Waals surface area contributed by atoms with Gasteiger partial charge in [-0.3, -0.25) is 9.78 Å². The predicted octanol–water partition coefficient (Wildman–Crippen LogP) is 3.26. The number of amides is 1. The molecular weight excluding hydrogens is 224 g/mol. The van der Waals surface area contributed by atoms with Crippen molar-refractivity contribution in [1.29, 1.82) is 0 Å². The Bertz CT molecular complexity index is 591. The average molecular weight is 240 g/mol. The Morgan fingerprint density at radius 3 is 2.50 bits per heavy atom. The van der Waals surface area contributed by atoms with Crippen LogP contribution in [0.2, 0.25) is 0 Å². The van der Waals surface area contributed by atoms with Crippen molar-refractivity contribution < 1.29 is 4.79 Å². The molecule has 0 aliphatic carbocycles. The summed E-state index contributed by atoms with van der Waals surface area (Å²) in [5.41, 5.74) is 4.73. The minimum absolute atomic E-state index is 0.0989. The number of rotatable bonds is 2. The quantitative estimate of drug-likeness (QED) is 0.875. The summed E-state index contributed by atoms with van der Waals surface area (Å²) in [5.74, 6) is -0.0989. The molecule has 1 aromatic carbocycles. The fourth-order valence-corrected chi connectivity index (χ4v) is 1.75. The number of anilines is 1. The molecule has 1 aromatic heterocycles. The summed E-state index contributed by atoms with van der Waals surface area (Å²) in [7, 11) is 0. The number of nitrogens with zero attached hydrogens (tertiary/aromatic N) is 1. The average Bonchev–Trinajstić information content (AvgIpc) is 2.34. The number of carbonyl (C=O) groups is 1. The molecule has 2 aromatic rings. The first-order valence-corrected chi connectivity index (χ1v) is 5.87. The van der Waals surface area contributed by atoms with Gasteiger partial charge in [0, 0.05) is 23.6 Å². The maximum absolute atomic E-state index is 12.1. The van der Waals surface area contributed by atoms with E-state index in [0.717, 1.165) is 11.3 Å². The summed E-state index contributed by atoms with van der Waals surface area (Å²) < 4.78 is 0. The van der Waals surface area contributed by atoms with Gasteiger partial charge < -0.3 is 5.32 Å². The molecule has 0 saturated carbocycles. The minimum Gasteiger partial charge on any atom is -0.322 e. The molecule has 18 heavy (non-hydrogen) atoms. The van der Waals surface area contributed by atoms with E-state index in [-0.39, 0.29) is 5.91 Å².